The van der Waals surface area contributed by atoms with Gasteiger partial charge in [-0.25, -0.2) is 0 Å². The van der Waals surface area contributed by atoms with Crippen LogP contribution < -0.4 is 5.32 Å². The standard InChI is InChI=1S/C19H23NO3/c1-3-11(2)14-6-4-5-7-15(14)20-18(21)16-12-8-9-13(10-12)17(16)19(22)23/h4-9,11-13,16-17H,3,10H2,1-2H3,(H,20,21)(H,22,23)/t11-,12-,13+,16+,17+/m1/s1. The van der Waals surface area contributed by atoms with Crippen LogP contribution in [0.15, 0.2) is 36.4 Å². The van der Waals surface area contributed by atoms with Gasteiger partial charge in [0.25, 0.3) is 0 Å². The maximum Gasteiger partial charge on any atom is 0.307 e. The van der Waals surface area contributed by atoms with Crippen LogP contribution in [0, 0.1) is 23.7 Å². The van der Waals surface area contributed by atoms with Crippen molar-refractivity contribution in [2.24, 2.45) is 23.7 Å². The number of amides is 1. The number of allylic oxidation sites excluding steroid dienone is 2. The molecular formula is C19H23NO3. The van der Waals surface area contributed by atoms with Crippen LogP contribution in [-0.4, -0.2) is 17.0 Å². The summed E-state index contributed by atoms with van der Waals surface area (Å²) in [7, 11) is 0. The second-order valence-corrected chi connectivity index (χ2v) is 6.72. The van der Waals surface area contributed by atoms with Crippen LogP contribution in [0.2, 0.25) is 0 Å². The van der Waals surface area contributed by atoms with Gasteiger partial charge in [-0.2, -0.15) is 0 Å². The summed E-state index contributed by atoms with van der Waals surface area (Å²) in [5.74, 6) is -1.69. The average Bonchev–Trinajstić information content (AvgIpc) is 3.15. The summed E-state index contributed by atoms with van der Waals surface area (Å²) < 4.78 is 0. The Morgan fingerprint density at radius 3 is 2.52 bits per heavy atom. The molecule has 1 aromatic carbocycles. The zero-order valence-electron chi connectivity index (χ0n) is 13.5. The quantitative estimate of drug-likeness (QED) is 0.815. The van der Waals surface area contributed by atoms with Gasteiger partial charge in [0.2, 0.25) is 5.91 Å². The lowest BCUT2D eigenvalue weighted by Crippen LogP contribution is -2.36. The molecule has 3 rings (SSSR count). The van der Waals surface area contributed by atoms with E-state index in [-0.39, 0.29) is 17.7 Å². The smallest absolute Gasteiger partial charge is 0.307 e. The van der Waals surface area contributed by atoms with Crippen LogP contribution in [0.5, 0.6) is 0 Å². The molecule has 0 spiro atoms. The predicted molar refractivity (Wildman–Crippen MR) is 89.1 cm³/mol. The van der Waals surface area contributed by atoms with Gasteiger partial charge >= 0.3 is 5.97 Å². The van der Waals surface area contributed by atoms with E-state index in [1.165, 1.54) is 0 Å². The third-order valence-electron chi connectivity index (χ3n) is 5.41. The Labute approximate surface area is 136 Å². The fourth-order valence-corrected chi connectivity index (χ4v) is 3.99. The summed E-state index contributed by atoms with van der Waals surface area (Å²) in [6.45, 7) is 4.25. The van der Waals surface area contributed by atoms with Crippen molar-refractivity contribution in [2.45, 2.75) is 32.6 Å². The van der Waals surface area contributed by atoms with Crippen LogP contribution in [0.25, 0.3) is 0 Å². The molecule has 1 aromatic rings. The Morgan fingerprint density at radius 2 is 1.87 bits per heavy atom. The second-order valence-electron chi connectivity index (χ2n) is 6.72. The van der Waals surface area contributed by atoms with E-state index in [0.717, 1.165) is 24.1 Å². The summed E-state index contributed by atoms with van der Waals surface area (Å²) in [4.78, 5) is 24.3. The number of carbonyl (C=O) groups excluding carboxylic acids is 1. The van der Waals surface area contributed by atoms with Crippen molar-refractivity contribution in [2.75, 3.05) is 5.32 Å². The molecule has 1 amide bonds. The van der Waals surface area contributed by atoms with Gasteiger partial charge < -0.3 is 10.4 Å². The van der Waals surface area contributed by atoms with E-state index in [1.54, 1.807) is 0 Å². The van der Waals surface area contributed by atoms with Gasteiger partial charge in [-0.3, -0.25) is 9.59 Å². The zero-order chi connectivity index (χ0) is 16.6. The minimum Gasteiger partial charge on any atom is -0.481 e. The Hall–Kier alpha value is -2.10. The number of aliphatic carboxylic acids is 1. The Balaban J connectivity index is 1.83. The van der Waals surface area contributed by atoms with Gasteiger partial charge in [0, 0.05) is 5.69 Å². The first-order chi connectivity index (χ1) is 11.0. The molecule has 4 nitrogen and oxygen atoms in total. The summed E-state index contributed by atoms with van der Waals surface area (Å²) in [6.07, 6.45) is 5.73. The number of rotatable bonds is 5. The molecule has 0 saturated heterocycles. The molecule has 2 aliphatic rings. The molecule has 2 bridgehead atoms. The van der Waals surface area contributed by atoms with E-state index in [4.69, 9.17) is 0 Å². The first-order valence-corrected chi connectivity index (χ1v) is 8.33. The van der Waals surface area contributed by atoms with Crippen molar-refractivity contribution in [3.05, 3.63) is 42.0 Å². The van der Waals surface area contributed by atoms with E-state index in [0.29, 0.717) is 5.92 Å². The normalized spacial score (nSPS) is 29.5. The number of carboxylic acids is 1. The van der Waals surface area contributed by atoms with E-state index in [2.05, 4.69) is 19.2 Å². The van der Waals surface area contributed by atoms with Crippen molar-refractivity contribution in [3.63, 3.8) is 0 Å². The van der Waals surface area contributed by atoms with Crippen LogP contribution in [0.1, 0.15) is 38.2 Å². The Morgan fingerprint density at radius 1 is 1.22 bits per heavy atom. The molecule has 1 fully saturated rings. The fraction of sp³-hybridized carbons (Fsp3) is 0.474. The van der Waals surface area contributed by atoms with Crippen LogP contribution in [-0.2, 0) is 9.59 Å². The number of carboxylic acid groups (broad SMARTS) is 1. The lowest BCUT2D eigenvalue weighted by atomic mass is 9.82. The highest BCUT2D eigenvalue weighted by molar-refractivity contribution is 5.97. The van der Waals surface area contributed by atoms with Gasteiger partial charge in [0.05, 0.1) is 11.8 Å². The molecule has 0 aromatic heterocycles. The van der Waals surface area contributed by atoms with E-state index < -0.39 is 17.8 Å². The SMILES string of the molecule is CC[C@@H](C)c1ccccc1NC(=O)[C@@H]1[C@@H](C(=O)O)[C@H]2C=C[C@@H]1C2. The third kappa shape index (κ3) is 2.78. The van der Waals surface area contributed by atoms with Gasteiger partial charge in [-0.1, -0.05) is 44.2 Å². The first kappa shape index (κ1) is 15.8. The predicted octanol–water partition coefficient (Wildman–Crippen LogP) is 3.66. The number of hydrogen-bond donors (Lipinski definition) is 2. The Bertz CT molecular complexity index is 652. The summed E-state index contributed by atoms with van der Waals surface area (Å²) in [6, 6.07) is 7.80. The van der Waals surface area contributed by atoms with E-state index in [1.807, 2.05) is 36.4 Å². The number of hydrogen-bond acceptors (Lipinski definition) is 2. The van der Waals surface area contributed by atoms with Crippen LogP contribution in [0.3, 0.4) is 0 Å². The fourth-order valence-electron chi connectivity index (χ4n) is 3.99. The van der Waals surface area contributed by atoms with Gasteiger partial charge in [-0.15, -0.1) is 0 Å². The molecule has 122 valence electrons. The molecule has 0 unspecified atom stereocenters. The summed E-state index contributed by atoms with van der Waals surface area (Å²) in [5.41, 5.74) is 1.91. The highest BCUT2D eigenvalue weighted by atomic mass is 16.4. The number of anilines is 1. The van der Waals surface area contributed by atoms with Crippen molar-refractivity contribution in [3.8, 4) is 0 Å². The molecule has 5 atom stereocenters. The second kappa shape index (κ2) is 6.19. The summed E-state index contributed by atoms with van der Waals surface area (Å²) in [5, 5.41) is 12.5. The van der Waals surface area contributed by atoms with Crippen molar-refractivity contribution in [1.29, 1.82) is 0 Å². The number of para-hydroxylation sites is 1. The third-order valence-corrected chi connectivity index (χ3v) is 5.41. The molecule has 4 heteroatoms. The minimum atomic E-state index is -0.864. The van der Waals surface area contributed by atoms with Crippen molar-refractivity contribution < 1.29 is 14.7 Å². The van der Waals surface area contributed by atoms with Gasteiger partial charge in [0.15, 0.2) is 0 Å². The first-order valence-electron chi connectivity index (χ1n) is 8.33. The van der Waals surface area contributed by atoms with E-state index in [9.17, 15) is 14.7 Å². The average molecular weight is 313 g/mol. The van der Waals surface area contributed by atoms with Gasteiger partial charge in [-0.05, 0) is 42.2 Å². The highest BCUT2D eigenvalue weighted by Gasteiger charge is 2.51. The van der Waals surface area contributed by atoms with E-state index >= 15 is 0 Å². The molecule has 0 aliphatic heterocycles. The number of benzene rings is 1. The number of carbonyl (C=O) groups is 2. The molecule has 0 heterocycles. The molecule has 1 saturated carbocycles. The highest BCUT2D eigenvalue weighted by Crippen LogP contribution is 2.48. The number of fused-ring (bicyclic) bond motifs is 2. The lowest BCUT2D eigenvalue weighted by Gasteiger charge is -2.25. The molecule has 0 radical (unpaired) electrons. The summed E-state index contributed by atoms with van der Waals surface area (Å²) >= 11 is 0. The minimum absolute atomic E-state index is 0.00180. The largest absolute Gasteiger partial charge is 0.481 e. The van der Waals surface area contributed by atoms with Crippen LogP contribution in [0.4, 0.5) is 5.69 Å². The van der Waals surface area contributed by atoms with Crippen LogP contribution >= 0.6 is 0 Å². The Kier molecular flexibility index (Phi) is 4.24. The molecule has 2 aliphatic carbocycles. The molecule has 23 heavy (non-hydrogen) atoms. The van der Waals surface area contributed by atoms with Crippen molar-refractivity contribution in [1.82, 2.24) is 0 Å². The maximum absolute atomic E-state index is 12.8. The maximum atomic E-state index is 12.8. The topological polar surface area (TPSA) is 66.4 Å². The molecule has 2 N–H and O–H groups in total. The van der Waals surface area contributed by atoms with Gasteiger partial charge in [0.1, 0.15) is 0 Å². The monoisotopic (exact) mass is 313 g/mol. The zero-order valence-corrected chi connectivity index (χ0v) is 13.5. The van der Waals surface area contributed by atoms with Crippen molar-refractivity contribution >= 4 is 17.6 Å². The molecular weight excluding hydrogens is 290 g/mol. The lowest BCUT2D eigenvalue weighted by molar-refractivity contribution is -0.146. The number of nitrogens with one attached hydrogen (secondary N) is 1.